The van der Waals surface area contributed by atoms with Crippen molar-refractivity contribution in [3.63, 3.8) is 0 Å². The van der Waals surface area contributed by atoms with Gasteiger partial charge in [0.05, 0.1) is 6.61 Å². The van der Waals surface area contributed by atoms with Crippen molar-refractivity contribution in [2.45, 2.75) is 38.3 Å². The topological polar surface area (TPSA) is 50.5 Å². The third-order valence-electron chi connectivity index (χ3n) is 4.05. The molecule has 0 spiro atoms. The van der Waals surface area contributed by atoms with Crippen LogP contribution < -0.4 is 11.1 Å². The minimum absolute atomic E-state index is 0.336. The third-order valence-corrected chi connectivity index (χ3v) is 4.05. The average Bonchev–Trinajstić information content (AvgIpc) is 3.00. The Hall–Kier alpha value is -1.10. The van der Waals surface area contributed by atoms with Crippen molar-refractivity contribution in [3.05, 3.63) is 29.8 Å². The molecule has 1 unspecified atom stereocenters. The Balaban J connectivity index is 1.84. The summed E-state index contributed by atoms with van der Waals surface area (Å²) in [5.41, 5.74) is 8.15. The van der Waals surface area contributed by atoms with Gasteiger partial charge < -0.3 is 15.8 Å². The van der Waals surface area contributed by atoms with E-state index in [1.165, 1.54) is 37.2 Å². The maximum atomic E-state index is 5.59. The molecule has 4 nitrogen and oxygen atoms in total. The first-order chi connectivity index (χ1) is 10.3. The lowest BCUT2D eigenvalue weighted by atomic mass is 10.1. The summed E-state index contributed by atoms with van der Waals surface area (Å²) in [5.74, 6) is 0. The lowest BCUT2D eigenvalue weighted by Gasteiger charge is -2.19. The minimum atomic E-state index is 0.336. The zero-order valence-electron chi connectivity index (χ0n) is 13.2. The highest BCUT2D eigenvalue weighted by Gasteiger charge is 2.12. The van der Waals surface area contributed by atoms with E-state index in [0.29, 0.717) is 6.04 Å². The fourth-order valence-corrected chi connectivity index (χ4v) is 2.90. The van der Waals surface area contributed by atoms with Crippen LogP contribution in [0.5, 0.6) is 0 Å². The fraction of sp³-hybridized carbons (Fsp3) is 0.647. The van der Waals surface area contributed by atoms with E-state index in [1.807, 2.05) is 0 Å². The van der Waals surface area contributed by atoms with Gasteiger partial charge in [-0.2, -0.15) is 0 Å². The molecule has 0 aliphatic carbocycles. The first-order valence-corrected chi connectivity index (χ1v) is 8.08. The van der Waals surface area contributed by atoms with Crippen molar-refractivity contribution < 1.29 is 4.74 Å². The second-order valence-electron chi connectivity index (χ2n) is 5.91. The zero-order chi connectivity index (χ0) is 14.9. The third kappa shape index (κ3) is 5.65. The van der Waals surface area contributed by atoms with E-state index in [0.717, 1.165) is 32.5 Å². The van der Waals surface area contributed by atoms with Crippen molar-refractivity contribution in [1.29, 1.82) is 0 Å². The van der Waals surface area contributed by atoms with Crippen LogP contribution in [0.3, 0.4) is 0 Å². The van der Waals surface area contributed by atoms with Crippen LogP contribution in [0.15, 0.2) is 24.3 Å². The highest BCUT2D eigenvalue weighted by atomic mass is 16.5. The van der Waals surface area contributed by atoms with Crippen LogP contribution in [0.1, 0.15) is 31.2 Å². The smallest absolute Gasteiger partial charge is 0.0664 e. The largest absolute Gasteiger partial charge is 0.383 e. The van der Waals surface area contributed by atoms with E-state index in [-0.39, 0.29) is 0 Å². The molecule has 0 radical (unpaired) electrons. The van der Waals surface area contributed by atoms with Gasteiger partial charge in [0, 0.05) is 25.4 Å². The summed E-state index contributed by atoms with van der Waals surface area (Å²) in [4.78, 5) is 2.53. The Morgan fingerprint density at radius 2 is 1.95 bits per heavy atom. The molecule has 1 saturated heterocycles. The van der Waals surface area contributed by atoms with Crippen molar-refractivity contribution in [3.8, 4) is 0 Å². The van der Waals surface area contributed by atoms with Crippen molar-refractivity contribution >= 4 is 5.69 Å². The van der Waals surface area contributed by atoms with Crippen molar-refractivity contribution in [2.24, 2.45) is 5.73 Å². The summed E-state index contributed by atoms with van der Waals surface area (Å²) in [5, 5.41) is 3.54. The van der Waals surface area contributed by atoms with Crippen LogP contribution in [0, 0.1) is 0 Å². The summed E-state index contributed by atoms with van der Waals surface area (Å²) in [7, 11) is 1.75. The van der Waals surface area contributed by atoms with Gasteiger partial charge >= 0.3 is 0 Å². The zero-order valence-corrected chi connectivity index (χ0v) is 13.2. The second kappa shape index (κ2) is 9.03. The summed E-state index contributed by atoms with van der Waals surface area (Å²) >= 11 is 0. The highest BCUT2D eigenvalue weighted by molar-refractivity contribution is 5.45. The molecule has 1 aliphatic rings. The van der Waals surface area contributed by atoms with Gasteiger partial charge in [0.15, 0.2) is 0 Å². The number of nitrogens with one attached hydrogen (secondary N) is 1. The van der Waals surface area contributed by atoms with Gasteiger partial charge in [0.25, 0.3) is 0 Å². The van der Waals surface area contributed by atoms with Gasteiger partial charge in [0.2, 0.25) is 0 Å². The molecule has 1 atom stereocenters. The van der Waals surface area contributed by atoms with Gasteiger partial charge in [-0.3, -0.25) is 4.90 Å². The normalized spacial score (nSPS) is 17.0. The molecule has 1 aromatic rings. The standard InChI is InChI=1S/C17H29N3O/c1-21-14-17(5-4-10-18)19-16-8-6-15(7-9-16)13-20-11-2-3-12-20/h6-9,17,19H,2-5,10-14,18H2,1H3. The summed E-state index contributed by atoms with van der Waals surface area (Å²) < 4.78 is 5.28. The lowest BCUT2D eigenvalue weighted by Crippen LogP contribution is -2.25. The number of nitrogens with two attached hydrogens (primary N) is 1. The Bertz CT molecular complexity index is 388. The molecule has 1 aromatic carbocycles. The second-order valence-corrected chi connectivity index (χ2v) is 5.91. The van der Waals surface area contributed by atoms with Crippen LogP contribution in [0.2, 0.25) is 0 Å². The minimum Gasteiger partial charge on any atom is -0.383 e. The number of hydrogen-bond acceptors (Lipinski definition) is 4. The molecule has 4 heteroatoms. The van der Waals surface area contributed by atoms with Gasteiger partial charge in [-0.05, 0) is 63.0 Å². The number of nitrogens with zero attached hydrogens (tertiary/aromatic N) is 1. The Morgan fingerprint density at radius 3 is 2.57 bits per heavy atom. The van der Waals surface area contributed by atoms with Gasteiger partial charge in [-0.1, -0.05) is 12.1 Å². The summed E-state index contributed by atoms with van der Waals surface area (Å²) in [6, 6.07) is 9.15. The van der Waals surface area contributed by atoms with E-state index >= 15 is 0 Å². The highest BCUT2D eigenvalue weighted by Crippen LogP contribution is 2.16. The van der Waals surface area contributed by atoms with Crippen LogP contribution in [-0.2, 0) is 11.3 Å². The van der Waals surface area contributed by atoms with Gasteiger partial charge in [-0.15, -0.1) is 0 Å². The number of likely N-dealkylation sites (tertiary alicyclic amines) is 1. The molecule has 2 rings (SSSR count). The number of rotatable bonds is 9. The van der Waals surface area contributed by atoms with E-state index in [9.17, 15) is 0 Å². The molecule has 0 amide bonds. The van der Waals surface area contributed by atoms with E-state index in [4.69, 9.17) is 10.5 Å². The van der Waals surface area contributed by atoms with E-state index < -0.39 is 0 Å². The molecule has 1 fully saturated rings. The van der Waals surface area contributed by atoms with Crippen LogP contribution in [0.25, 0.3) is 0 Å². The molecule has 1 aliphatic heterocycles. The Labute approximate surface area is 128 Å². The van der Waals surface area contributed by atoms with Gasteiger partial charge in [-0.25, -0.2) is 0 Å². The Kier molecular flexibility index (Phi) is 7.00. The average molecular weight is 291 g/mol. The fourth-order valence-electron chi connectivity index (χ4n) is 2.90. The molecule has 118 valence electrons. The number of ether oxygens (including phenoxy) is 1. The Morgan fingerprint density at radius 1 is 1.24 bits per heavy atom. The van der Waals surface area contributed by atoms with Crippen LogP contribution >= 0.6 is 0 Å². The van der Waals surface area contributed by atoms with Crippen molar-refractivity contribution in [1.82, 2.24) is 4.90 Å². The molecular weight excluding hydrogens is 262 g/mol. The molecule has 0 bridgehead atoms. The summed E-state index contributed by atoms with van der Waals surface area (Å²) in [6.45, 7) is 5.02. The van der Waals surface area contributed by atoms with Crippen LogP contribution in [-0.4, -0.2) is 44.3 Å². The van der Waals surface area contributed by atoms with Gasteiger partial charge in [0.1, 0.15) is 0 Å². The molecule has 0 saturated carbocycles. The maximum absolute atomic E-state index is 5.59. The number of methoxy groups -OCH3 is 1. The molecule has 3 N–H and O–H groups in total. The predicted molar refractivity (Wildman–Crippen MR) is 88.5 cm³/mol. The number of benzene rings is 1. The number of hydrogen-bond donors (Lipinski definition) is 2. The monoisotopic (exact) mass is 291 g/mol. The van der Waals surface area contributed by atoms with E-state index in [2.05, 4.69) is 34.5 Å². The lowest BCUT2D eigenvalue weighted by molar-refractivity contribution is 0.182. The molecule has 21 heavy (non-hydrogen) atoms. The SMILES string of the molecule is COCC(CCCN)Nc1ccc(CN2CCCC2)cc1. The van der Waals surface area contributed by atoms with E-state index in [1.54, 1.807) is 7.11 Å². The molecular formula is C17H29N3O. The molecule has 1 heterocycles. The first-order valence-electron chi connectivity index (χ1n) is 8.08. The quantitative estimate of drug-likeness (QED) is 0.734. The van der Waals surface area contributed by atoms with Crippen molar-refractivity contribution in [2.75, 3.05) is 38.7 Å². The number of anilines is 1. The first kappa shape index (κ1) is 16.3. The van der Waals surface area contributed by atoms with Crippen LogP contribution in [0.4, 0.5) is 5.69 Å². The molecule has 0 aromatic heterocycles. The maximum Gasteiger partial charge on any atom is 0.0664 e. The summed E-state index contributed by atoms with van der Waals surface area (Å²) in [6.07, 6.45) is 4.76. The predicted octanol–water partition coefficient (Wildman–Crippen LogP) is 2.45.